The van der Waals surface area contributed by atoms with Gasteiger partial charge in [0.2, 0.25) is 0 Å². The van der Waals surface area contributed by atoms with Gasteiger partial charge in [-0.25, -0.2) is 4.98 Å². The highest BCUT2D eigenvalue weighted by Crippen LogP contribution is 2.47. The molecule has 1 aliphatic rings. The Morgan fingerprint density at radius 2 is 1.39 bits per heavy atom. The lowest BCUT2D eigenvalue weighted by atomic mass is 9.97. The molecule has 190 valence electrons. The van der Waals surface area contributed by atoms with Crippen LogP contribution in [-0.2, 0) is 6.42 Å². The second kappa shape index (κ2) is 7.58. The Hall–Kier alpha value is -5.48. The standard InChI is InChI=1S/C37H22N4/c1-2-9-24(10-3-1)40-30-13-6-4-11-25(30)35-32(40)17-16-22-19-23-20-28-27(21-26(23)34(22)35)36-33(15-8-18-38-36)41-31-14-7-5-12-29(31)39-37(28)41/h1-18,20-21H,19H2. The fraction of sp³-hybridized carbons (Fsp3) is 0.0270. The van der Waals surface area contributed by atoms with Gasteiger partial charge in [0.1, 0.15) is 5.65 Å². The first-order valence-corrected chi connectivity index (χ1v) is 14.1. The average Bonchev–Trinajstić information content (AvgIpc) is 3.70. The Kier molecular flexibility index (Phi) is 3.95. The van der Waals surface area contributed by atoms with Crippen LogP contribution in [0.4, 0.5) is 0 Å². The maximum Gasteiger partial charge on any atom is 0.146 e. The van der Waals surface area contributed by atoms with Gasteiger partial charge in [0, 0.05) is 33.4 Å². The summed E-state index contributed by atoms with van der Waals surface area (Å²) in [4.78, 5) is 10.1. The van der Waals surface area contributed by atoms with E-state index in [1.807, 2.05) is 12.3 Å². The number of nitrogens with zero attached hydrogens (tertiary/aromatic N) is 4. The predicted octanol–water partition coefficient (Wildman–Crippen LogP) is 8.86. The van der Waals surface area contributed by atoms with E-state index in [9.17, 15) is 0 Å². The Labute approximate surface area is 234 Å². The van der Waals surface area contributed by atoms with Crippen LogP contribution in [0.5, 0.6) is 0 Å². The topological polar surface area (TPSA) is 35.1 Å². The lowest BCUT2D eigenvalue weighted by Gasteiger charge is -2.11. The van der Waals surface area contributed by atoms with E-state index in [0.29, 0.717) is 0 Å². The van der Waals surface area contributed by atoms with Gasteiger partial charge in [-0.1, -0.05) is 54.6 Å². The van der Waals surface area contributed by atoms with Crippen molar-refractivity contribution in [1.82, 2.24) is 18.9 Å². The zero-order valence-corrected chi connectivity index (χ0v) is 22.0. The Bertz CT molecular complexity index is 2550. The molecule has 1 aliphatic carbocycles. The number of hydrogen-bond acceptors (Lipinski definition) is 2. The van der Waals surface area contributed by atoms with Gasteiger partial charge < -0.3 is 4.57 Å². The second-order valence-corrected chi connectivity index (χ2v) is 11.0. The van der Waals surface area contributed by atoms with E-state index in [1.54, 1.807) is 0 Å². The zero-order chi connectivity index (χ0) is 26.7. The van der Waals surface area contributed by atoms with Gasteiger partial charge in [-0.15, -0.1) is 0 Å². The number of aromatic nitrogens is 4. The molecule has 5 aromatic carbocycles. The summed E-state index contributed by atoms with van der Waals surface area (Å²) in [5.41, 5.74) is 14.2. The number of pyridine rings is 2. The van der Waals surface area contributed by atoms with E-state index in [1.165, 1.54) is 49.7 Å². The highest BCUT2D eigenvalue weighted by molar-refractivity contribution is 6.20. The number of hydrogen-bond donors (Lipinski definition) is 0. The van der Waals surface area contributed by atoms with Crippen molar-refractivity contribution in [2.24, 2.45) is 0 Å². The molecule has 4 aromatic heterocycles. The first-order chi connectivity index (χ1) is 20.3. The monoisotopic (exact) mass is 522 g/mol. The quantitative estimate of drug-likeness (QED) is 0.202. The van der Waals surface area contributed by atoms with Crippen molar-refractivity contribution >= 4 is 60.3 Å². The molecule has 9 aromatic rings. The lowest BCUT2D eigenvalue weighted by molar-refractivity contribution is 1.18. The van der Waals surface area contributed by atoms with Crippen molar-refractivity contribution < 1.29 is 0 Å². The Morgan fingerprint density at radius 1 is 0.585 bits per heavy atom. The lowest BCUT2D eigenvalue weighted by Crippen LogP contribution is -1.94. The molecule has 10 rings (SSSR count). The fourth-order valence-corrected chi connectivity index (χ4v) is 7.26. The van der Waals surface area contributed by atoms with Crippen LogP contribution < -0.4 is 0 Å². The zero-order valence-electron chi connectivity index (χ0n) is 22.0. The van der Waals surface area contributed by atoms with Crippen LogP contribution >= 0.6 is 0 Å². The maximum atomic E-state index is 5.13. The molecule has 4 heterocycles. The van der Waals surface area contributed by atoms with Crippen LogP contribution in [0, 0.1) is 0 Å². The summed E-state index contributed by atoms with van der Waals surface area (Å²) in [5, 5.41) is 4.92. The Morgan fingerprint density at radius 3 is 2.32 bits per heavy atom. The summed E-state index contributed by atoms with van der Waals surface area (Å²) in [6.45, 7) is 0. The molecule has 0 fully saturated rings. The van der Waals surface area contributed by atoms with Crippen molar-refractivity contribution in [2.75, 3.05) is 0 Å². The highest BCUT2D eigenvalue weighted by atomic mass is 15.0. The molecule has 41 heavy (non-hydrogen) atoms. The van der Waals surface area contributed by atoms with Crippen molar-refractivity contribution in [3.63, 3.8) is 0 Å². The molecule has 0 N–H and O–H groups in total. The molecule has 0 aliphatic heterocycles. The second-order valence-electron chi connectivity index (χ2n) is 11.0. The first kappa shape index (κ1) is 21.4. The van der Waals surface area contributed by atoms with Crippen LogP contribution in [0.1, 0.15) is 11.1 Å². The van der Waals surface area contributed by atoms with Crippen molar-refractivity contribution in [2.45, 2.75) is 6.42 Å². The molecular formula is C37H22N4. The van der Waals surface area contributed by atoms with Crippen LogP contribution in [-0.4, -0.2) is 18.9 Å². The molecule has 4 nitrogen and oxygen atoms in total. The minimum absolute atomic E-state index is 0.911. The molecule has 0 atom stereocenters. The van der Waals surface area contributed by atoms with E-state index in [0.717, 1.165) is 44.9 Å². The van der Waals surface area contributed by atoms with Gasteiger partial charge in [-0.2, -0.15) is 0 Å². The minimum Gasteiger partial charge on any atom is -0.309 e. The third-order valence-corrected chi connectivity index (χ3v) is 8.92. The number of para-hydroxylation sites is 4. The van der Waals surface area contributed by atoms with Gasteiger partial charge in [-0.3, -0.25) is 9.38 Å². The third kappa shape index (κ3) is 2.69. The molecular weight excluding hydrogens is 500 g/mol. The molecule has 0 unspecified atom stereocenters. The number of rotatable bonds is 1. The summed E-state index contributed by atoms with van der Waals surface area (Å²) in [6.07, 6.45) is 2.81. The van der Waals surface area contributed by atoms with Crippen molar-refractivity contribution in [1.29, 1.82) is 0 Å². The normalized spacial score (nSPS) is 12.8. The van der Waals surface area contributed by atoms with E-state index in [-0.39, 0.29) is 0 Å². The number of imidazole rings is 1. The summed E-state index contributed by atoms with van der Waals surface area (Å²) in [6, 6.07) is 41.5. The highest BCUT2D eigenvalue weighted by Gasteiger charge is 2.26. The Balaban J connectivity index is 1.36. The van der Waals surface area contributed by atoms with E-state index in [4.69, 9.17) is 9.97 Å². The molecule has 0 amide bonds. The van der Waals surface area contributed by atoms with Gasteiger partial charge in [0.15, 0.2) is 0 Å². The molecule has 0 spiro atoms. The SMILES string of the molecule is c1ccc(-n2c3ccccc3c3c4c(ccc32)Cc2cc3c(cc2-4)c2ncccc2n2c4ccccc4nc32)cc1. The van der Waals surface area contributed by atoms with Gasteiger partial charge in [0.25, 0.3) is 0 Å². The number of fused-ring (bicyclic) bond motifs is 15. The molecule has 4 heteroatoms. The van der Waals surface area contributed by atoms with E-state index >= 15 is 0 Å². The smallest absolute Gasteiger partial charge is 0.146 e. The average molecular weight is 523 g/mol. The van der Waals surface area contributed by atoms with Crippen molar-refractivity contribution in [3.05, 3.63) is 133 Å². The molecule has 0 radical (unpaired) electrons. The summed E-state index contributed by atoms with van der Waals surface area (Å²) in [7, 11) is 0. The molecule has 0 saturated heterocycles. The third-order valence-electron chi connectivity index (χ3n) is 8.92. The van der Waals surface area contributed by atoms with Crippen molar-refractivity contribution in [3.8, 4) is 16.8 Å². The summed E-state index contributed by atoms with van der Waals surface area (Å²) >= 11 is 0. The van der Waals surface area contributed by atoms with E-state index in [2.05, 4.69) is 118 Å². The molecule has 0 bridgehead atoms. The van der Waals surface area contributed by atoms with Crippen LogP contribution in [0.2, 0.25) is 0 Å². The van der Waals surface area contributed by atoms with Gasteiger partial charge in [0.05, 0.1) is 33.1 Å². The summed E-state index contributed by atoms with van der Waals surface area (Å²) in [5.74, 6) is 0. The molecule has 0 saturated carbocycles. The van der Waals surface area contributed by atoms with Gasteiger partial charge >= 0.3 is 0 Å². The summed E-state index contributed by atoms with van der Waals surface area (Å²) < 4.78 is 4.68. The van der Waals surface area contributed by atoms with Crippen LogP contribution in [0.25, 0.3) is 77.1 Å². The fourth-order valence-electron chi connectivity index (χ4n) is 7.26. The predicted molar refractivity (Wildman–Crippen MR) is 168 cm³/mol. The minimum atomic E-state index is 0.911. The van der Waals surface area contributed by atoms with Gasteiger partial charge in [-0.05, 0) is 89.3 Å². The van der Waals surface area contributed by atoms with E-state index < -0.39 is 0 Å². The number of benzene rings is 5. The maximum absolute atomic E-state index is 5.13. The largest absolute Gasteiger partial charge is 0.309 e. The van der Waals surface area contributed by atoms with Crippen LogP contribution in [0.3, 0.4) is 0 Å². The first-order valence-electron chi connectivity index (χ1n) is 14.1. The van der Waals surface area contributed by atoms with Crippen LogP contribution in [0.15, 0.2) is 121 Å².